The number of methoxy groups -OCH3 is 2. The highest BCUT2D eigenvalue weighted by molar-refractivity contribution is 7.89. The molecule has 26 heavy (non-hydrogen) atoms. The van der Waals surface area contributed by atoms with E-state index in [4.69, 9.17) is 14.7 Å². The summed E-state index contributed by atoms with van der Waals surface area (Å²) in [5, 5.41) is 8.76. The van der Waals surface area contributed by atoms with E-state index in [1.807, 2.05) is 12.1 Å². The maximum absolute atomic E-state index is 13.1. The van der Waals surface area contributed by atoms with Crippen molar-refractivity contribution in [2.24, 2.45) is 0 Å². The smallest absolute Gasteiger partial charge is 0.243 e. The normalized spacial score (nSPS) is 11.2. The molecule has 0 aliphatic carbocycles. The third kappa shape index (κ3) is 4.71. The molecule has 0 amide bonds. The van der Waals surface area contributed by atoms with Crippen molar-refractivity contribution >= 4 is 10.0 Å². The van der Waals surface area contributed by atoms with E-state index in [0.29, 0.717) is 17.9 Å². The Kier molecular flexibility index (Phi) is 6.95. The summed E-state index contributed by atoms with van der Waals surface area (Å²) in [6.45, 7) is 0.412. The molecule has 1 aromatic carbocycles. The van der Waals surface area contributed by atoms with Gasteiger partial charge in [0.1, 0.15) is 0 Å². The number of hydrogen-bond acceptors (Lipinski definition) is 6. The molecule has 0 N–H and O–H groups in total. The van der Waals surface area contributed by atoms with Crippen LogP contribution in [-0.2, 0) is 16.6 Å². The van der Waals surface area contributed by atoms with Crippen LogP contribution in [0.15, 0.2) is 47.6 Å². The zero-order valence-electron chi connectivity index (χ0n) is 14.8. The molecule has 0 spiro atoms. The predicted molar refractivity (Wildman–Crippen MR) is 96.2 cm³/mol. The number of pyridine rings is 1. The van der Waals surface area contributed by atoms with Crippen molar-refractivity contribution in [3.05, 3.63) is 48.3 Å². The summed E-state index contributed by atoms with van der Waals surface area (Å²) in [5.41, 5.74) is 0.772. The number of nitrogens with zero attached hydrogens (tertiary/aromatic N) is 3. The van der Waals surface area contributed by atoms with E-state index in [9.17, 15) is 8.42 Å². The summed E-state index contributed by atoms with van der Waals surface area (Å²) in [7, 11) is -0.835. The van der Waals surface area contributed by atoms with Gasteiger partial charge in [0, 0.05) is 38.0 Å². The molecule has 2 rings (SSSR count). The van der Waals surface area contributed by atoms with E-state index in [0.717, 1.165) is 5.56 Å². The second-order valence-electron chi connectivity index (χ2n) is 5.48. The molecule has 0 bridgehead atoms. The van der Waals surface area contributed by atoms with Gasteiger partial charge >= 0.3 is 0 Å². The van der Waals surface area contributed by atoms with Crippen LogP contribution in [0.5, 0.6) is 11.5 Å². The zero-order chi connectivity index (χ0) is 19.0. The fourth-order valence-corrected chi connectivity index (χ4v) is 3.92. The third-order valence-corrected chi connectivity index (χ3v) is 5.61. The highest BCUT2D eigenvalue weighted by atomic mass is 32.2. The second-order valence-corrected chi connectivity index (χ2v) is 7.42. The van der Waals surface area contributed by atoms with Gasteiger partial charge in [-0.15, -0.1) is 0 Å². The van der Waals surface area contributed by atoms with Crippen molar-refractivity contribution in [2.75, 3.05) is 20.8 Å². The van der Waals surface area contributed by atoms with E-state index in [2.05, 4.69) is 4.98 Å². The topological polar surface area (TPSA) is 92.5 Å². The molecule has 0 saturated heterocycles. The Labute approximate surface area is 153 Å². The maximum Gasteiger partial charge on any atom is 0.243 e. The predicted octanol–water partition coefficient (Wildman–Crippen LogP) is 2.59. The van der Waals surface area contributed by atoms with Crippen LogP contribution < -0.4 is 9.47 Å². The quantitative estimate of drug-likeness (QED) is 0.626. The van der Waals surface area contributed by atoms with E-state index < -0.39 is 10.0 Å². The number of sulfonamides is 1. The zero-order valence-corrected chi connectivity index (χ0v) is 15.6. The molecule has 0 unspecified atom stereocenters. The largest absolute Gasteiger partial charge is 0.493 e. The summed E-state index contributed by atoms with van der Waals surface area (Å²) < 4.78 is 38.0. The summed E-state index contributed by atoms with van der Waals surface area (Å²) in [6, 6.07) is 10.1. The van der Waals surface area contributed by atoms with Gasteiger partial charge in [-0.3, -0.25) is 4.98 Å². The van der Waals surface area contributed by atoms with Crippen LogP contribution in [0, 0.1) is 11.3 Å². The lowest BCUT2D eigenvalue weighted by molar-refractivity contribution is 0.353. The van der Waals surface area contributed by atoms with E-state index >= 15 is 0 Å². The average molecular weight is 375 g/mol. The standard InChI is InChI=1S/C18H21N3O4S/c1-24-17-8-7-16(12-18(17)25-2)26(22,23)21(11-4-3-9-19)14-15-6-5-10-20-13-15/h5-8,10,12-13H,3-4,11,14H2,1-2H3. The molecular weight excluding hydrogens is 354 g/mol. The lowest BCUT2D eigenvalue weighted by atomic mass is 10.3. The Morgan fingerprint density at radius 1 is 1.19 bits per heavy atom. The molecule has 0 saturated carbocycles. The second kappa shape index (κ2) is 9.17. The van der Waals surface area contributed by atoms with Crippen LogP contribution >= 0.6 is 0 Å². The minimum absolute atomic E-state index is 0.107. The van der Waals surface area contributed by atoms with Crippen LogP contribution in [-0.4, -0.2) is 38.5 Å². The number of nitriles is 1. The van der Waals surface area contributed by atoms with Crippen LogP contribution in [0.25, 0.3) is 0 Å². The first-order valence-electron chi connectivity index (χ1n) is 8.01. The Hall–Kier alpha value is -2.63. The summed E-state index contributed by atoms with van der Waals surface area (Å²) in [5.74, 6) is 0.793. The van der Waals surface area contributed by atoms with E-state index in [-0.39, 0.29) is 24.4 Å². The molecule has 2 aromatic rings. The monoisotopic (exact) mass is 375 g/mol. The third-order valence-electron chi connectivity index (χ3n) is 3.77. The number of aromatic nitrogens is 1. The summed E-state index contributed by atoms with van der Waals surface area (Å²) in [4.78, 5) is 4.14. The maximum atomic E-state index is 13.1. The van der Waals surface area contributed by atoms with Crippen molar-refractivity contribution in [2.45, 2.75) is 24.3 Å². The van der Waals surface area contributed by atoms with E-state index in [1.165, 1.54) is 30.7 Å². The number of ether oxygens (including phenoxy) is 2. The van der Waals surface area contributed by atoms with E-state index in [1.54, 1.807) is 24.5 Å². The molecule has 8 heteroatoms. The molecule has 1 heterocycles. The highest BCUT2D eigenvalue weighted by Crippen LogP contribution is 2.31. The van der Waals surface area contributed by atoms with Crippen molar-refractivity contribution in [3.63, 3.8) is 0 Å². The Morgan fingerprint density at radius 2 is 1.96 bits per heavy atom. The molecule has 1 aromatic heterocycles. The van der Waals surface area contributed by atoms with Crippen LogP contribution in [0.2, 0.25) is 0 Å². The van der Waals surface area contributed by atoms with Gasteiger partial charge in [-0.1, -0.05) is 6.07 Å². The fourth-order valence-electron chi connectivity index (χ4n) is 2.44. The van der Waals surface area contributed by atoms with Crippen molar-refractivity contribution in [1.29, 1.82) is 5.26 Å². The van der Waals surface area contributed by atoms with Gasteiger partial charge < -0.3 is 9.47 Å². The SMILES string of the molecule is COc1ccc(S(=O)(=O)N(CCCC#N)Cc2cccnc2)cc1OC. The van der Waals surface area contributed by atoms with Crippen molar-refractivity contribution in [3.8, 4) is 17.6 Å². The highest BCUT2D eigenvalue weighted by Gasteiger charge is 2.25. The van der Waals surface area contributed by atoms with Crippen LogP contribution in [0.1, 0.15) is 18.4 Å². The summed E-state index contributed by atoms with van der Waals surface area (Å²) in [6.07, 6.45) is 3.99. The van der Waals surface area contributed by atoms with Gasteiger partial charge in [-0.25, -0.2) is 8.42 Å². The number of rotatable bonds is 9. The molecular formula is C18H21N3O4S. The van der Waals surface area contributed by atoms with Crippen LogP contribution in [0.3, 0.4) is 0 Å². The fraction of sp³-hybridized carbons (Fsp3) is 0.333. The molecule has 0 fully saturated rings. The minimum atomic E-state index is -3.78. The van der Waals surface area contributed by atoms with Gasteiger partial charge in [0.15, 0.2) is 11.5 Å². The van der Waals surface area contributed by atoms with Crippen molar-refractivity contribution < 1.29 is 17.9 Å². The molecule has 0 radical (unpaired) electrons. The number of unbranched alkanes of at least 4 members (excludes halogenated alkanes) is 1. The molecule has 138 valence electrons. The Balaban J connectivity index is 2.36. The van der Waals surface area contributed by atoms with Gasteiger partial charge in [0.2, 0.25) is 10.0 Å². The molecule has 0 atom stereocenters. The van der Waals surface area contributed by atoms with Gasteiger partial charge in [-0.2, -0.15) is 9.57 Å². The Bertz CT molecular complexity index is 864. The van der Waals surface area contributed by atoms with Gasteiger partial charge in [0.05, 0.1) is 25.2 Å². The first kappa shape index (κ1) is 19.7. The van der Waals surface area contributed by atoms with Gasteiger partial charge in [0.25, 0.3) is 0 Å². The molecule has 7 nitrogen and oxygen atoms in total. The molecule has 0 aliphatic heterocycles. The van der Waals surface area contributed by atoms with Crippen molar-refractivity contribution in [1.82, 2.24) is 9.29 Å². The Morgan fingerprint density at radius 3 is 2.58 bits per heavy atom. The van der Waals surface area contributed by atoms with Gasteiger partial charge in [-0.05, 0) is 30.2 Å². The molecule has 0 aliphatic rings. The first-order valence-corrected chi connectivity index (χ1v) is 9.45. The van der Waals surface area contributed by atoms with Crippen LogP contribution in [0.4, 0.5) is 0 Å². The minimum Gasteiger partial charge on any atom is -0.493 e. The number of benzene rings is 1. The average Bonchev–Trinajstić information content (AvgIpc) is 2.67. The number of hydrogen-bond donors (Lipinski definition) is 0. The summed E-state index contributed by atoms with van der Waals surface area (Å²) >= 11 is 0. The lowest BCUT2D eigenvalue weighted by Gasteiger charge is -2.22. The lowest BCUT2D eigenvalue weighted by Crippen LogP contribution is -2.31. The first-order chi connectivity index (χ1) is 12.5.